The number of hydrogen-bond acceptors (Lipinski definition) is 7. The summed E-state index contributed by atoms with van der Waals surface area (Å²) < 4.78 is 0. The Morgan fingerprint density at radius 2 is 1.74 bits per heavy atom. The highest BCUT2D eigenvalue weighted by molar-refractivity contribution is 5.95. The molecule has 7 rings (SSSR count). The van der Waals surface area contributed by atoms with Crippen LogP contribution in [-0.2, 0) is 0 Å². The van der Waals surface area contributed by atoms with Gasteiger partial charge in [-0.3, -0.25) is 14.8 Å². The van der Waals surface area contributed by atoms with E-state index < -0.39 is 0 Å². The van der Waals surface area contributed by atoms with Crippen LogP contribution < -0.4 is 15.5 Å². The zero-order valence-electron chi connectivity index (χ0n) is 22.9. The van der Waals surface area contributed by atoms with Gasteiger partial charge in [0, 0.05) is 98.9 Å². The van der Waals surface area contributed by atoms with Gasteiger partial charge >= 0.3 is 0 Å². The molecule has 4 unspecified atom stereocenters. The Hall–Kier alpha value is -3.18. The quantitative estimate of drug-likeness (QED) is 0.560. The molecule has 5 heterocycles. The average Bonchev–Trinajstić information content (AvgIpc) is 3.38. The van der Waals surface area contributed by atoms with Crippen molar-refractivity contribution in [2.24, 2.45) is 5.73 Å². The van der Waals surface area contributed by atoms with Gasteiger partial charge in [0.25, 0.3) is 0 Å². The lowest BCUT2D eigenvalue weighted by Gasteiger charge is -2.54. The molecule has 7 heteroatoms. The van der Waals surface area contributed by atoms with E-state index in [1.54, 1.807) is 6.20 Å². The van der Waals surface area contributed by atoms with Crippen LogP contribution in [0.3, 0.4) is 0 Å². The number of hydrogen-bond donors (Lipinski definition) is 1. The highest BCUT2D eigenvalue weighted by atomic mass is 15.3. The zero-order valence-corrected chi connectivity index (χ0v) is 22.9. The molecule has 0 spiro atoms. The second-order valence-electron chi connectivity index (χ2n) is 12.2. The van der Waals surface area contributed by atoms with E-state index in [4.69, 9.17) is 5.73 Å². The third kappa shape index (κ3) is 4.55. The molecule has 2 aromatic carbocycles. The van der Waals surface area contributed by atoms with Crippen molar-refractivity contribution in [2.45, 2.75) is 56.3 Å². The summed E-state index contributed by atoms with van der Waals surface area (Å²) in [7, 11) is 0. The molecule has 4 aliphatic heterocycles. The first-order valence-corrected chi connectivity index (χ1v) is 14.7. The number of aromatic nitrogens is 1. The molecule has 0 aliphatic carbocycles. The van der Waals surface area contributed by atoms with Crippen LogP contribution in [-0.4, -0.2) is 84.8 Å². The van der Waals surface area contributed by atoms with Crippen LogP contribution in [0.4, 0.5) is 11.4 Å². The molecule has 1 aromatic heterocycles. The van der Waals surface area contributed by atoms with E-state index in [1.165, 1.54) is 49.4 Å². The first-order valence-electron chi connectivity index (χ1n) is 14.7. The third-order valence-electron chi connectivity index (χ3n) is 9.80. The summed E-state index contributed by atoms with van der Waals surface area (Å²) in [5.74, 6) is 0.650. The smallest absolute Gasteiger partial charge is 0.101 e. The first kappa shape index (κ1) is 24.8. The van der Waals surface area contributed by atoms with Crippen LogP contribution in [0.5, 0.6) is 0 Å². The number of benzene rings is 2. The van der Waals surface area contributed by atoms with E-state index in [1.807, 2.05) is 12.1 Å². The van der Waals surface area contributed by atoms with Gasteiger partial charge in [-0.1, -0.05) is 12.1 Å². The standard InChI is InChI=1S/C32H39N7/c1-22-17-38(31-9-6-24(16-33)32-30(31)3-2-12-35-32)21-29-15-28(11-14-39(22)29)37-18-25(19-37)23-4-7-27(8-5-23)36-13-10-26(34)20-36/h2-9,12,22,25-26,28-29H,10-11,13-15,17-21,34H2,1H3. The molecule has 0 saturated carbocycles. The largest absolute Gasteiger partial charge is 0.370 e. The topological polar surface area (TPSA) is 75.7 Å². The van der Waals surface area contributed by atoms with Crippen molar-refractivity contribution < 1.29 is 0 Å². The molecular weight excluding hydrogens is 482 g/mol. The third-order valence-corrected chi connectivity index (χ3v) is 9.80. The van der Waals surface area contributed by atoms with Gasteiger partial charge in [0.1, 0.15) is 6.07 Å². The summed E-state index contributed by atoms with van der Waals surface area (Å²) in [5.41, 5.74) is 11.6. The maximum Gasteiger partial charge on any atom is 0.101 e. The fourth-order valence-electron chi connectivity index (χ4n) is 7.61. The Morgan fingerprint density at radius 1 is 0.897 bits per heavy atom. The number of nitrogens with zero attached hydrogens (tertiary/aromatic N) is 6. The predicted octanol–water partition coefficient (Wildman–Crippen LogP) is 3.78. The molecule has 39 heavy (non-hydrogen) atoms. The van der Waals surface area contributed by atoms with Crippen molar-refractivity contribution in [1.29, 1.82) is 5.26 Å². The fraction of sp³-hybridized carbons (Fsp3) is 0.500. The molecule has 0 bridgehead atoms. The minimum Gasteiger partial charge on any atom is -0.370 e. The molecule has 2 N–H and O–H groups in total. The minimum absolute atomic E-state index is 0.316. The molecule has 202 valence electrons. The molecule has 4 aliphatic rings. The van der Waals surface area contributed by atoms with Gasteiger partial charge in [-0.15, -0.1) is 0 Å². The predicted molar refractivity (Wildman–Crippen MR) is 157 cm³/mol. The number of likely N-dealkylation sites (tertiary alicyclic amines) is 1. The highest BCUT2D eigenvalue weighted by Gasteiger charge is 2.41. The summed E-state index contributed by atoms with van der Waals surface area (Å²) in [6.07, 6.45) is 5.38. The van der Waals surface area contributed by atoms with Crippen LogP contribution in [0.2, 0.25) is 0 Å². The Bertz CT molecular complexity index is 1380. The van der Waals surface area contributed by atoms with Gasteiger partial charge in [0.15, 0.2) is 0 Å². The van der Waals surface area contributed by atoms with E-state index in [0.717, 1.165) is 43.5 Å². The number of nitriles is 1. The summed E-state index contributed by atoms with van der Waals surface area (Å²) in [4.78, 5) is 15.0. The summed E-state index contributed by atoms with van der Waals surface area (Å²) in [6.45, 7) is 10.0. The lowest BCUT2D eigenvalue weighted by atomic mass is 9.85. The molecule has 3 aromatic rings. The second-order valence-corrected chi connectivity index (χ2v) is 12.2. The van der Waals surface area contributed by atoms with E-state index in [9.17, 15) is 5.26 Å². The normalized spacial score (nSPS) is 28.3. The number of pyridine rings is 1. The van der Waals surface area contributed by atoms with Gasteiger partial charge in [-0.25, -0.2) is 0 Å². The summed E-state index contributed by atoms with van der Waals surface area (Å²) >= 11 is 0. The van der Waals surface area contributed by atoms with Crippen LogP contribution >= 0.6 is 0 Å². The first-order chi connectivity index (χ1) is 19.1. The van der Waals surface area contributed by atoms with Crippen molar-refractivity contribution in [2.75, 3.05) is 55.6 Å². The Balaban J connectivity index is 1.00. The second kappa shape index (κ2) is 10.1. The number of piperazine rings is 1. The van der Waals surface area contributed by atoms with Gasteiger partial charge in [0.2, 0.25) is 0 Å². The van der Waals surface area contributed by atoms with Crippen molar-refractivity contribution in [3.63, 3.8) is 0 Å². The molecule has 4 atom stereocenters. The molecule has 0 radical (unpaired) electrons. The highest BCUT2D eigenvalue weighted by Crippen LogP contribution is 2.37. The fourth-order valence-corrected chi connectivity index (χ4v) is 7.61. The van der Waals surface area contributed by atoms with E-state index in [0.29, 0.717) is 35.6 Å². The molecular formula is C32H39N7. The van der Waals surface area contributed by atoms with Crippen LogP contribution in [0.25, 0.3) is 10.9 Å². The monoisotopic (exact) mass is 521 g/mol. The van der Waals surface area contributed by atoms with Gasteiger partial charge in [-0.05, 0) is 68.1 Å². The number of nitrogens with two attached hydrogens (primary N) is 1. The van der Waals surface area contributed by atoms with Crippen molar-refractivity contribution in [3.8, 4) is 6.07 Å². The van der Waals surface area contributed by atoms with E-state index in [2.05, 4.69) is 74.0 Å². The molecule has 4 fully saturated rings. The van der Waals surface area contributed by atoms with Crippen LogP contribution in [0.15, 0.2) is 54.7 Å². The van der Waals surface area contributed by atoms with Gasteiger partial charge in [0.05, 0.1) is 11.1 Å². The van der Waals surface area contributed by atoms with Crippen LogP contribution in [0, 0.1) is 11.3 Å². The molecule has 4 saturated heterocycles. The summed E-state index contributed by atoms with van der Waals surface area (Å²) in [6, 6.07) is 21.8. The maximum atomic E-state index is 9.58. The van der Waals surface area contributed by atoms with Crippen molar-refractivity contribution in [1.82, 2.24) is 14.8 Å². The number of anilines is 2. The Labute approximate surface area is 231 Å². The number of piperidine rings is 1. The average molecular weight is 522 g/mol. The SMILES string of the molecule is CC1CN(c2ccc(C#N)c3ncccc23)CC2CC(N3CC(c4ccc(N5CCC(N)C5)cc4)C3)CCN12. The van der Waals surface area contributed by atoms with Gasteiger partial charge < -0.3 is 15.5 Å². The van der Waals surface area contributed by atoms with Gasteiger partial charge in [-0.2, -0.15) is 5.26 Å². The Morgan fingerprint density at radius 3 is 2.51 bits per heavy atom. The lowest BCUT2D eigenvalue weighted by molar-refractivity contribution is 0.00151. The van der Waals surface area contributed by atoms with Crippen molar-refractivity contribution >= 4 is 22.3 Å². The summed E-state index contributed by atoms with van der Waals surface area (Å²) in [5, 5.41) is 10.7. The van der Waals surface area contributed by atoms with E-state index in [-0.39, 0.29) is 0 Å². The van der Waals surface area contributed by atoms with Crippen LogP contribution in [0.1, 0.15) is 43.2 Å². The maximum absolute atomic E-state index is 9.58. The minimum atomic E-state index is 0.316. The zero-order chi connectivity index (χ0) is 26.5. The van der Waals surface area contributed by atoms with Crippen molar-refractivity contribution in [3.05, 3.63) is 65.9 Å². The number of fused-ring (bicyclic) bond motifs is 2. The lowest BCUT2D eigenvalue weighted by Crippen LogP contribution is -2.64. The molecule has 0 amide bonds. The Kier molecular flexibility index (Phi) is 6.43. The number of rotatable bonds is 4. The molecule has 7 nitrogen and oxygen atoms in total. The van der Waals surface area contributed by atoms with E-state index >= 15 is 0 Å².